The average molecular weight is 80.0 g/mol. The molecule has 0 saturated carbocycles. The van der Waals surface area contributed by atoms with Gasteiger partial charge in [-0.15, -0.1) is 0 Å². The first-order valence-corrected chi connectivity index (χ1v) is 1.36. The molecule has 0 aromatic heterocycles. The SMILES string of the molecule is O.[O]=[Al][F]. The van der Waals surface area contributed by atoms with Gasteiger partial charge in [-0.3, -0.25) is 0 Å². The normalized spacial score (nSPS) is 2.25. The molecule has 2 nitrogen and oxygen atoms in total. The predicted octanol–water partition coefficient (Wildman–Crippen LogP) is -0.904. The van der Waals surface area contributed by atoms with Crippen molar-refractivity contribution in [3.8, 4) is 0 Å². The Kier molecular flexibility index (Phi) is 23.6. The summed E-state index contributed by atoms with van der Waals surface area (Å²) >= 11 is -2.00. The van der Waals surface area contributed by atoms with Crippen LogP contribution in [0.15, 0.2) is 0 Å². The molecule has 0 aliphatic carbocycles. The van der Waals surface area contributed by atoms with E-state index >= 15 is 0 Å². The van der Waals surface area contributed by atoms with Crippen LogP contribution in [0, 0.1) is 0 Å². The maximum atomic E-state index is 9.82. The van der Waals surface area contributed by atoms with Gasteiger partial charge in [-0.25, -0.2) is 0 Å². The zero-order valence-electron chi connectivity index (χ0n) is 1.86. The summed E-state index contributed by atoms with van der Waals surface area (Å²) in [6.07, 6.45) is 0. The summed E-state index contributed by atoms with van der Waals surface area (Å²) in [5.41, 5.74) is 0. The van der Waals surface area contributed by atoms with E-state index in [0.29, 0.717) is 0 Å². The minimum absolute atomic E-state index is 0. The summed E-state index contributed by atoms with van der Waals surface area (Å²) in [7, 11) is 0. The minimum atomic E-state index is -2.00. The van der Waals surface area contributed by atoms with Crippen molar-refractivity contribution >= 4 is 15.6 Å². The molecule has 2 N–H and O–H groups in total. The number of hydrogen-bond acceptors (Lipinski definition) is 1. The zero-order valence-corrected chi connectivity index (χ0v) is 3.02. The molecule has 0 aromatic rings. The van der Waals surface area contributed by atoms with Gasteiger partial charge in [-0.1, -0.05) is 0 Å². The van der Waals surface area contributed by atoms with E-state index in [2.05, 4.69) is 0 Å². The van der Waals surface area contributed by atoms with E-state index in [1.165, 1.54) is 0 Å². The van der Waals surface area contributed by atoms with E-state index in [4.69, 9.17) is 3.80 Å². The fourth-order valence-corrected chi connectivity index (χ4v) is 0. The van der Waals surface area contributed by atoms with Crippen molar-refractivity contribution in [3.05, 3.63) is 0 Å². The van der Waals surface area contributed by atoms with Crippen LogP contribution in [-0.4, -0.2) is 21.1 Å². The Bertz CT molecular complexity index is 13.5. The third-order valence-electron chi connectivity index (χ3n) is 0. The molecule has 0 aliphatic heterocycles. The van der Waals surface area contributed by atoms with Gasteiger partial charge >= 0.3 is 22.9 Å². The Hall–Kier alpha value is 0.222. The van der Waals surface area contributed by atoms with E-state index in [0.717, 1.165) is 0 Å². The molecule has 0 amide bonds. The van der Waals surface area contributed by atoms with E-state index in [-0.39, 0.29) is 5.48 Å². The first-order chi connectivity index (χ1) is 1.41. The molecular weight excluding hydrogens is 78.0 g/mol. The monoisotopic (exact) mass is 80.0 g/mol. The molecule has 0 radical (unpaired) electrons. The molecule has 0 atom stereocenters. The van der Waals surface area contributed by atoms with Crippen LogP contribution in [0.4, 0.5) is 3.52 Å². The summed E-state index contributed by atoms with van der Waals surface area (Å²) in [5.74, 6) is 0. The van der Waals surface area contributed by atoms with Crippen LogP contribution in [0.1, 0.15) is 0 Å². The van der Waals surface area contributed by atoms with Gasteiger partial charge < -0.3 is 5.48 Å². The molecule has 24 valence electrons. The van der Waals surface area contributed by atoms with Crippen molar-refractivity contribution < 1.29 is 12.8 Å². The average Bonchev–Trinajstić information content (AvgIpc) is 0.918. The van der Waals surface area contributed by atoms with Gasteiger partial charge in [0.1, 0.15) is 0 Å². The van der Waals surface area contributed by atoms with Crippen molar-refractivity contribution in [1.82, 2.24) is 0 Å². The van der Waals surface area contributed by atoms with Gasteiger partial charge in [-0.2, -0.15) is 0 Å². The fourth-order valence-electron chi connectivity index (χ4n) is 0. The van der Waals surface area contributed by atoms with Crippen molar-refractivity contribution in [3.63, 3.8) is 0 Å². The first-order valence-electron chi connectivity index (χ1n) is 0.454. The van der Waals surface area contributed by atoms with Crippen molar-refractivity contribution in [1.29, 1.82) is 0 Å². The van der Waals surface area contributed by atoms with Crippen LogP contribution < -0.4 is 0 Å². The predicted molar refractivity (Wildman–Crippen MR) is 11.2 cm³/mol. The van der Waals surface area contributed by atoms with Crippen LogP contribution in [0.25, 0.3) is 0 Å². The molecule has 4 heteroatoms. The molecule has 0 aromatic carbocycles. The Morgan fingerprint density at radius 3 is 1.75 bits per heavy atom. The molecule has 0 aliphatic rings. The Morgan fingerprint density at radius 2 is 1.75 bits per heavy atom. The van der Waals surface area contributed by atoms with Crippen LogP contribution in [0.3, 0.4) is 0 Å². The van der Waals surface area contributed by atoms with Crippen molar-refractivity contribution in [2.45, 2.75) is 0 Å². The second kappa shape index (κ2) is 10.7. The van der Waals surface area contributed by atoms with E-state index in [1.54, 1.807) is 0 Å². The second-order valence-corrected chi connectivity index (χ2v) is 0.267. The van der Waals surface area contributed by atoms with E-state index < -0.39 is 15.6 Å². The molecule has 0 heterocycles. The Balaban J connectivity index is 0. The summed E-state index contributed by atoms with van der Waals surface area (Å²) in [6, 6.07) is 0. The third-order valence-corrected chi connectivity index (χ3v) is 0. The number of rotatable bonds is 0. The van der Waals surface area contributed by atoms with E-state index in [9.17, 15) is 3.52 Å². The van der Waals surface area contributed by atoms with Gasteiger partial charge in [0.05, 0.1) is 0 Å². The third kappa shape index (κ3) is 67.1. The molecule has 0 unspecified atom stereocenters. The van der Waals surface area contributed by atoms with Crippen molar-refractivity contribution in [2.75, 3.05) is 0 Å². The van der Waals surface area contributed by atoms with E-state index in [1.807, 2.05) is 0 Å². The van der Waals surface area contributed by atoms with Gasteiger partial charge in [0.15, 0.2) is 0 Å². The fraction of sp³-hybridized carbons (Fsp3) is 0. The molecule has 0 saturated heterocycles. The van der Waals surface area contributed by atoms with Crippen LogP contribution in [-0.2, 0) is 3.80 Å². The molecule has 4 heavy (non-hydrogen) atoms. The van der Waals surface area contributed by atoms with Crippen LogP contribution in [0.5, 0.6) is 0 Å². The molecular formula is H2AlFO2. The number of halogens is 1. The summed E-state index contributed by atoms with van der Waals surface area (Å²) in [4.78, 5) is 0. The van der Waals surface area contributed by atoms with Gasteiger partial charge in [-0.05, 0) is 0 Å². The van der Waals surface area contributed by atoms with Crippen LogP contribution in [0.2, 0.25) is 0 Å². The van der Waals surface area contributed by atoms with Gasteiger partial charge in [0.2, 0.25) is 0 Å². The van der Waals surface area contributed by atoms with Gasteiger partial charge in [0, 0.05) is 0 Å². The molecule has 0 bridgehead atoms. The summed E-state index contributed by atoms with van der Waals surface area (Å²) < 4.78 is 18.2. The quantitative estimate of drug-likeness (QED) is 0.347. The molecule has 0 rings (SSSR count). The summed E-state index contributed by atoms with van der Waals surface area (Å²) in [6.45, 7) is 0. The molecule has 0 spiro atoms. The Morgan fingerprint density at radius 1 is 1.75 bits per heavy atom. The van der Waals surface area contributed by atoms with Crippen LogP contribution >= 0.6 is 0 Å². The zero-order chi connectivity index (χ0) is 2.71. The standard InChI is InChI=1S/Al.FH.H2O.O/h;1H;1H2;/q+1;;;/p-1. The maximum absolute atomic E-state index is 9.82. The second-order valence-electron chi connectivity index (χ2n) is 0.0891. The first kappa shape index (κ1) is 8.88. The van der Waals surface area contributed by atoms with Crippen molar-refractivity contribution in [2.24, 2.45) is 0 Å². The Labute approximate surface area is 29.3 Å². The van der Waals surface area contributed by atoms with Gasteiger partial charge in [0.25, 0.3) is 0 Å². The number of hydrogen-bond donors (Lipinski definition) is 0. The topological polar surface area (TPSA) is 48.6 Å². The molecule has 0 fully saturated rings. The summed E-state index contributed by atoms with van der Waals surface area (Å²) in [5, 5.41) is 0.